The van der Waals surface area contributed by atoms with Gasteiger partial charge in [0, 0.05) is 16.1 Å². The molecule has 0 unspecified atom stereocenters. The zero-order chi connectivity index (χ0) is 23.9. The van der Waals surface area contributed by atoms with Crippen LogP contribution in [0.3, 0.4) is 0 Å². The number of hydrogen-bond donors (Lipinski definition) is 2. The molecule has 7 nitrogen and oxygen atoms in total. The Balaban J connectivity index is 1.26. The van der Waals surface area contributed by atoms with Gasteiger partial charge in [-0.2, -0.15) is 0 Å². The number of halogens is 1. The largest absolute Gasteiger partial charge is 0.489 e. The molecule has 2 N–H and O–H groups in total. The van der Waals surface area contributed by atoms with E-state index in [0.29, 0.717) is 40.3 Å². The lowest BCUT2D eigenvalue weighted by Crippen LogP contribution is -2.42. The van der Waals surface area contributed by atoms with Gasteiger partial charge in [0.15, 0.2) is 0 Å². The van der Waals surface area contributed by atoms with E-state index >= 15 is 0 Å². The summed E-state index contributed by atoms with van der Waals surface area (Å²) < 4.78 is 11.4. The van der Waals surface area contributed by atoms with Gasteiger partial charge in [0.25, 0.3) is 5.91 Å². The number of carbonyl (C=O) groups excluding carboxylic acids is 2. The summed E-state index contributed by atoms with van der Waals surface area (Å²) in [6.07, 6.45) is -0.0244. The second kappa shape index (κ2) is 10.7. The van der Waals surface area contributed by atoms with Crippen molar-refractivity contribution in [2.45, 2.75) is 20.0 Å². The number of hydrazine groups is 1. The molecule has 2 amide bonds. The van der Waals surface area contributed by atoms with Crippen LogP contribution in [0.1, 0.15) is 27.4 Å². The minimum absolute atomic E-state index is 0.0244. The molecule has 8 heteroatoms. The molecule has 4 rings (SSSR count). The SMILES string of the molecule is Cc1oc(-c2ccccc2)nc1CC(=O)NNC(=O)c1ccc(COc2ccc(Cl)cc2)cc1. The van der Waals surface area contributed by atoms with E-state index in [9.17, 15) is 9.59 Å². The molecule has 4 aromatic rings. The van der Waals surface area contributed by atoms with Crippen molar-refractivity contribution in [3.63, 3.8) is 0 Å². The Labute approximate surface area is 201 Å². The zero-order valence-corrected chi connectivity index (χ0v) is 19.1. The second-order valence-corrected chi connectivity index (χ2v) is 7.94. The molecule has 0 spiro atoms. The molecule has 3 aromatic carbocycles. The summed E-state index contributed by atoms with van der Waals surface area (Å²) in [7, 11) is 0. The fourth-order valence-corrected chi connectivity index (χ4v) is 3.27. The quantitative estimate of drug-likeness (QED) is 0.371. The fraction of sp³-hybridized carbons (Fsp3) is 0.115. The van der Waals surface area contributed by atoms with Crippen LogP contribution in [-0.2, 0) is 17.8 Å². The van der Waals surface area contributed by atoms with Crippen LogP contribution in [0.2, 0.25) is 5.02 Å². The predicted molar refractivity (Wildman–Crippen MR) is 128 cm³/mol. The van der Waals surface area contributed by atoms with Gasteiger partial charge in [0.1, 0.15) is 18.1 Å². The topological polar surface area (TPSA) is 93.5 Å². The molecule has 0 atom stereocenters. The molecule has 0 aliphatic rings. The van der Waals surface area contributed by atoms with E-state index in [-0.39, 0.29) is 6.42 Å². The summed E-state index contributed by atoms with van der Waals surface area (Å²) >= 11 is 5.87. The fourth-order valence-electron chi connectivity index (χ4n) is 3.14. The highest BCUT2D eigenvalue weighted by atomic mass is 35.5. The first kappa shape index (κ1) is 23.1. The molecule has 1 heterocycles. The molecule has 0 saturated carbocycles. The number of hydrogen-bond acceptors (Lipinski definition) is 5. The van der Waals surface area contributed by atoms with Crippen LogP contribution in [-0.4, -0.2) is 16.8 Å². The van der Waals surface area contributed by atoms with Crippen molar-refractivity contribution in [3.8, 4) is 17.2 Å². The summed E-state index contributed by atoms with van der Waals surface area (Å²) in [5.41, 5.74) is 7.47. The van der Waals surface area contributed by atoms with Crippen LogP contribution in [0.15, 0.2) is 83.3 Å². The Morgan fingerprint density at radius 3 is 2.35 bits per heavy atom. The number of aromatic nitrogens is 1. The highest BCUT2D eigenvalue weighted by Crippen LogP contribution is 2.21. The van der Waals surface area contributed by atoms with Crippen LogP contribution in [0.4, 0.5) is 0 Å². The Kier molecular flexibility index (Phi) is 7.25. The summed E-state index contributed by atoms with van der Waals surface area (Å²) in [5.74, 6) is 0.867. The maximum absolute atomic E-state index is 12.4. The Hall–Kier alpha value is -4.10. The summed E-state index contributed by atoms with van der Waals surface area (Å²) in [6, 6.07) is 23.4. The Morgan fingerprint density at radius 2 is 1.65 bits per heavy atom. The lowest BCUT2D eigenvalue weighted by molar-refractivity contribution is -0.121. The molecular weight excluding hydrogens is 454 g/mol. The first-order valence-corrected chi connectivity index (χ1v) is 10.9. The predicted octanol–water partition coefficient (Wildman–Crippen LogP) is 4.89. The van der Waals surface area contributed by atoms with E-state index in [2.05, 4.69) is 15.8 Å². The van der Waals surface area contributed by atoms with Crippen molar-refractivity contribution in [1.82, 2.24) is 15.8 Å². The van der Waals surface area contributed by atoms with Crippen molar-refractivity contribution in [2.24, 2.45) is 0 Å². The number of carbonyl (C=O) groups is 2. The number of aryl methyl sites for hydroxylation is 1. The lowest BCUT2D eigenvalue weighted by Gasteiger charge is -2.09. The second-order valence-electron chi connectivity index (χ2n) is 7.51. The maximum Gasteiger partial charge on any atom is 0.269 e. The number of amides is 2. The first-order chi connectivity index (χ1) is 16.5. The van der Waals surface area contributed by atoms with E-state index < -0.39 is 11.8 Å². The van der Waals surface area contributed by atoms with Crippen LogP contribution < -0.4 is 15.6 Å². The molecule has 0 saturated heterocycles. The van der Waals surface area contributed by atoms with Crippen LogP contribution >= 0.6 is 11.6 Å². The summed E-state index contributed by atoms with van der Waals surface area (Å²) in [5, 5.41) is 0.642. The first-order valence-electron chi connectivity index (χ1n) is 10.6. The number of benzene rings is 3. The van der Waals surface area contributed by atoms with Gasteiger partial charge < -0.3 is 9.15 Å². The lowest BCUT2D eigenvalue weighted by atomic mass is 10.1. The minimum atomic E-state index is -0.430. The van der Waals surface area contributed by atoms with Gasteiger partial charge in [0.05, 0.1) is 12.1 Å². The molecule has 1 aromatic heterocycles. The molecule has 0 aliphatic heterocycles. The standard InChI is InChI=1S/C26H22ClN3O4/c1-17-23(28-26(34-17)20-5-3-2-4-6-20)15-24(31)29-30-25(32)19-9-7-18(8-10-19)16-33-22-13-11-21(27)12-14-22/h2-14H,15-16H2,1H3,(H,29,31)(H,30,32). The summed E-state index contributed by atoms with van der Waals surface area (Å²) in [4.78, 5) is 29.1. The normalized spacial score (nSPS) is 10.5. The Bertz CT molecular complexity index is 1270. The summed E-state index contributed by atoms with van der Waals surface area (Å²) in [6.45, 7) is 2.10. The maximum atomic E-state index is 12.4. The van der Waals surface area contributed by atoms with E-state index in [1.54, 1.807) is 55.5 Å². The van der Waals surface area contributed by atoms with Crippen LogP contribution in [0.25, 0.3) is 11.5 Å². The van der Waals surface area contributed by atoms with Crippen molar-refractivity contribution in [3.05, 3.63) is 106 Å². The molecule has 0 radical (unpaired) electrons. The number of nitrogens with one attached hydrogen (secondary N) is 2. The minimum Gasteiger partial charge on any atom is -0.489 e. The third kappa shape index (κ3) is 6.02. The van der Waals surface area contributed by atoms with Crippen molar-refractivity contribution in [2.75, 3.05) is 0 Å². The van der Waals surface area contributed by atoms with Gasteiger partial charge in [0.2, 0.25) is 11.8 Å². The third-order valence-electron chi connectivity index (χ3n) is 4.99. The monoisotopic (exact) mass is 475 g/mol. The molecule has 0 aliphatic carbocycles. The van der Waals surface area contributed by atoms with E-state index in [1.165, 1.54) is 0 Å². The zero-order valence-electron chi connectivity index (χ0n) is 18.4. The van der Waals surface area contributed by atoms with E-state index in [0.717, 1.165) is 11.1 Å². The van der Waals surface area contributed by atoms with Crippen LogP contribution in [0.5, 0.6) is 5.75 Å². The molecular formula is C26H22ClN3O4. The number of oxazole rings is 1. The van der Waals surface area contributed by atoms with Gasteiger partial charge in [-0.25, -0.2) is 4.98 Å². The number of ether oxygens (including phenoxy) is 1. The number of nitrogens with zero attached hydrogens (tertiary/aromatic N) is 1. The van der Waals surface area contributed by atoms with Gasteiger partial charge in [-0.05, 0) is 61.0 Å². The smallest absolute Gasteiger partial charge is 0.269 e. The Morgan fingerprint density at radius 1 is 0.941 bits per heavy atom. The highest BCUT2D eigenvalue weighted by Gasteiger charge is 2.15. The van der Waals surface area contributed by atoms with Crippen molar-refractivity contribution in [1.29, 1.82) is 0 Å². The highest BCUT2D eigenvalue weighted by molar-refractivity contribution is 6.30. The average molecular weight is 476 g/mol. The average Bonchev–Trinajstić information content (AvgIpc) is 3.23. The number of rotatable bonds is 7. The van der Waals surface area contributed by atoms with E-state index in [4.69, 9.17) is 20.8 Å². The third-order valence-corrected chi connectivity index (χ3v) is 5.24. The van der Waals surface area contributed by atoms with Crippen molar-refractivity contribution < 1.29 is 18.7 Å². The van der Waals surface area contributed by atoms with Gasteiger partial charge in [-0.1, -0.05) is 41.9 Å². The van der Waals surface area contributed by atoms with Crippen LogP contribution in [0, 0.1) is 6.92 Å². The van der Waals surface area contributed by atoms with Gasteiger partial charge in [-0.15, -0.1) is 0 Å². The molecule has 34 heavy (non-hydrogen) atoms. The van der Waals surface area contributed by atoms with Gasteiger partial charge in [-0.3, -0.25) is 20.4 Å². The van der Waals surface area contributed by atoms with Gasteiger partial charge >= 0.3 is 0 Å². The molecule has 0 fully saturated rings. The molecule has 172 valence electrons. The van der Waals surface area contributed by atoms with Crippen molar-refractivity contribution >= 4 is 23.4 Å². The molecule has 0 bridgehead atoms. The van der Waals surface area contributed by atoms with E-state index in [1.807, 2.05) is 30.3 Å².